The van der Waals surface area contributed by atoms with Crippen molar-refractivity contribution in [3.8, 4) is 6.01 Å². The van der Waals surface area contributed by atoms with Crippen LogP contribution in [0.25, 0.3) is 0 Å². The number of hydrogen-bond acceptors (Lipinski definition) is 7. The first kappa shape index (κ1) is 14.8. The number of nitrogens with two attached hydrogens (primary N) is 1. The maximum absolute atomic E-state index is 5.31. The van der Waals surface area contributed by atoms with Crippen LogP contribution in [0.15, 0.2) is 0 Å². The van der Waals surface area contributed by atoms with Crippen molar-refractivity contribution >= 4 is 11.9 Å². The van der Waals surface area contributed by atoms with E-state index >= 15 is 0 Å². The van der Waals surface area contributed by atoms with E-state index in [1.54, 1.807) is 0 Å². The zero-order valence-electron chi connectivity index (χ0n) is 12.2. The summed E-state index contributed by atoms with van der Waals surface area (Å²) in [5.41, 5.74) is 2.40. The molecular weight excluding hydrogens is 256 g/mol. The van der Waals surface area contributed by atoms with Crippen molar-refractivity contribution < 1.29 is 4.74 Å². The molecule has 1 aromatic heterocycles. The molecule has 0 aromatic carbocycles. The highest BCUT2D eigenvalue weighted by Crippen LogP contribution is 2.30. The van der Waals surface area contributed by atoms with Crippen molar-refractivity contribution in [2.45, 2.75) is 39.0 Å². The number of hydrazine groups is 1. The fraction of sp³-hybridized carbons (Fsp3) is 0.769. The van der Waals surface area contributed by atoms with Gasteiger partial charge < -0.3 is 10.1 Å². The van der Waals surface area contributed by atoms with Crippen LogP contribution < -0.4 is 21.3 Å². The minimum absolute atomic E-state index is 0.252. The van der Waals surface area contributed by atoms with Crippen LogP contribution in [0.5, 0.6) is 6.01 Å². The maximum atomic E-state index is 5.31. The number of aromatic nitrogens is 3. The lowest BCUT2D eigenvalue weighted by Crippen LogP contribution is -2.17. The van der Waals surface area contributed by atoms with Crippen molar-refractivity contribution in [3.63, 3.8) is 0 Å². The predicted octanol–water partition coefficient (Wildman–Crippen LogP) is 1.79. The number of nitrogens with zero attached hydrogens (tertiary/aromatic N) is 3. The van der Waals surface area contributed by atoms with E-state index < -0.39 is 0 Å². The molecule has 1 aromatic rings. The highest BCUT2D eigenvalue weighted by Gasteiger charge is 2.17. The molecule has 1 fully saturated rings. The lowest BCUT2D eigenvalue weighted by atomic mass is 9.81. The lowest BCUT2D eigenvalue weighted by Gasteiger charge is -2.26. The van der Waals surface area contributed by atoms with Crippen molar-refractivity contribution in [2.75, 3.05) is 24.4 Å². The van der Waals surface area contributed by atoms with E-state index in [-0.39, 0.29) is 6.01 Å². The molecule has 1 heterocycles. The third-order valence-electron chi connectivity index (χ3n) is 3.90. The smallest absolute Gasteiger partial charge is 0.322 e. The summed E-state index contributed by atoms with van der Waals surface area (Å²) in [6, 6.07) is 0.252. The third-order valence-corrected chi connectivity index (χ3v) is 3.90. The molecule has 4 N–H and O–H groups in total. The lowest BCUT2D eigenvalue weighted by molar-refractivity contribution is 0.281. The highest BCUT2D eigenvalue weighted by atomic mass is 16.5. The molecule has 0 aliphatic heterocycles. The average Bonchev–Trinajstić information content (AvgIpc) is 2.49. The molecule has 0 bridgehead atoms. The average molecular weight is 280 g/mol. The van der Waals surface area contributed by atoms with Gasteiger partial charge in [-0.2, -0.15) is 15.0 Å². The summed E-state index contributed by atoms with van der Waals surface area (Å²) in [6.07, 6.45) is 6.51. The minimum atomic E-state index is 0.252. The first-order valence-corrected chi connectivity index (χ1v) is 7.21. The van der Waals surface area contributed by atoms with Crippen LogP contribution in [0.3, 0.4) is 0 Å². The van der Waals surface area contributed by atoms with Gasteiger partial charge in [0, 0.05) is 6.54 Å². The first-order chi connectivity index (χ1) is 9.71. The Morgan fingerprint density at radius 2 is 1.85 bits per heavy atom. The van der Waals surface area contributed by atoms with Crippen molar-refractivity contribution in [1.29, 1.82) is 0 Å². The Hall–Kier alpha value is -1.63. The summed E-state index contributed by atoms with van der Waals surface area (Å²) >= 11 is 0. The number of rotatable bonds is 6. The van der Waals surface area contributed by atoms with Gasteiger partial charge in [0.15, 0.2) is 0 Å². The number of anilines is 2. The number of ether oxygens (including phenoxy) is 1. The molecule has 1 aliphatic carbocycles. The zero-order valence-corrected chi connectivity index (χ0v) is 12.2. The minimum Gasteiger partial charge on any atom is -0.467 e. The second kappa shape index (κ2) is 7.23. The van der Waals surface area contributed by atoms with Crippen LogP contribution in [-0.2, 0) is 0 Å². The summed E-state index contributed by atoms with van der Waals surface area (Å²) in [4.78, 5) is 12.2. The molecule has 0 unspecified atom stereocenters. The predicted molar refractivity (Wildman–Crippen MR) is 78.4 cm³/mol. The van der Waals surface area contributed by atoms with E-state index in [0.29, 0.717) is 11.9 Å². The van der Waals surface area contributed by atoms with Crippen molar-refractivity contribution in [2.24, 2.45) is 17.7 Å². The Kier molecular flexibility index (Phi) is 5.34. The summed E-state index contributed by atoms with van der Waals surface area (Å²) in [7, 11) is 1.52. The van der Waals surface area contributed by atoms with Crippen molar-refractivity contribution in [1.82, 2.24) is 15.0 Å². The number of nitrogens with one attached hydrogen (secondary N) is 2. The zero-order chi connectivity index (χ0) is 14.4. The van der Waals surface area contributed by atoms with Gasteiger partial charge >= 0.3 is 6.01 Å². The van der Waals surface area contributed by atoms with Gasteiger partial charge in [0.05, 0.1) is 7.11 Å². The molecule has 20 heavy (non-hydrogen) atoms. The monoisotopic (exact) mass is 280 g/mol. The third kappa shape index (κ3) is 4.19. The van der Waals surface area contributed by atoms with E-state index in [0.717, 1.165) is 24.8 Å². The maximum Gasteiger partial charge on any atom is 0.322 e. The topological polar surface area (TPSA) is 98.0 Å². The Bertz CT molecular complexity index is 397. The molecule has 0 amide bonds. The number of nitrogen functional groups attached to an aromatic ring is 1. The SMILES string of the molecule is COc1nc(NN)nc(NCCC2CCC(C)CC2)n1. The van der Waals surface area contributed by atoms with Gasteiger partial charge in [0.2, 0.25) is 11.9 Å². The second-order valence-corrected chi connectivity index (χ2v) is 5.46. The molecule has 1 saturated carbocycles. The number of methoxy groups -OCH3 is 1. The molecular formula is C13H24N6O. The molecule has 0 atom stereocenters. The van der Waals surface area contributed by atoms with Gasteiger partial charge in [-0.3, -0.25) is 5.43 Å². The summed E-state index contributed by atoms with van der Waals surface area (Å²) in [6.45, 7) is 3.20. The first-order valence-electron chi connectivity index (χ1n) is 7.21. The van der Waals surface area contributed by atoms with Crippen LogP contribution in [-0.4, -0.2) is 28.6 Å². The molecule has 0 saturated heterocycles. The van der Waals surface area contributed by atoms with Gasteiger partial charge in [-0.05, 0) is 18.3 Å². The van der Waals surface area contributed by atoms with Gasteiger partial charge in [-0.1, -0.05) is 32.6 Å². The Balaban J connectivity index is 1.81. The van der Waals surface area contributed by atoms with E-state index in [9.17, 15) is 0 Å². The molecule has 2 rings (SSSR count). The van der Waals surface area contributed by atoms with Gasteiger partial charge in [0.25, 0.3) is 0 Å². The van der Waals surface area contributed by atoms with Crippen LogP contribution in [0, 0.1) is 11.8 Å². The summed E-state index contributed by atoms with van der Waals surface area (Å²) in [5.74, 6) is 7.81. The standard InChI is InChI=1S/C13H24N6O/c1-9-3-5-10(6-4-9)7-8-15-11-16-12(19-14)18-13(17-11)20-2/h9-10H,3-8,14H2,1-2H3,(H2,15,16,17,18,19). The Labute approximate surface area is 119 Å². The molecule has 7 nitrogen and oxygen atoms in total. The summed E-state index contributed by atoms with van der Waals surface area (Å²) < 4.78 is 5.01. The second-order valence-electron chi connectivity index (χ2n) is 5.46. The normalized spacial score (nSPS) is 22.4. The Morgan fingerprint density at radius 3 is 2.50 bits per heavy atom. The van der Waals surface area contributed by atoms with E-state index in [1.165, 1.54) is 32.8 Å². The van der Waals surface area contributed by atoms with E-state index in [1.807, 2.05) is 0 Å². The van der Waals surface area contributed by atoms with E-state index in [4.69, 9.17) is 10.6 Å². The van der Waals surface area contributed by atoms with E-state index in [2.05, 4.69) is 32.6 Å². The summed E-state index contributed by atoms with van der Waals surface area (Å²) in [5, 5.41) is 3.21. The molecule has 112 valence electrons. The van der Waals surface area contributed by atoms with Gasteiger partial charge in [-0.15, -0.1) is 0 Å². The van der Waals surface area contributed by atoms with Crippen LogP contribution >= 0.6 is 0 Å². The highest BCUT2D eigenvalue weighted by molar-refractivity contribution is 5.34. The van der Waals surface area contributed by atoms with Crippen LogP contribution in [0.2, 0.25) is 0 Å². The van der Waals surface area contributed by atoms with Crippen LogP contribution in [0.1, 0.15) is 39.0 Å². The number of hydrogen-bond donors (Lipinski definition) is 3. The molecule has 0 spiro atoms. The van der Waals surface area contributed by atoms with Crippen LogP contribution in [0.4, 0.5) is 11.9 Å². The fourth-order valence-electron chi connectivity index (χ4n) is 2.60. The quantitative estimate of drug-likeness (QED) is 0.540. The largest absolute Gasteiger partial charge is 0.467 e. The molecule has 0 radical (unpaired) electrons. The Morgan fingerprint density at radius 1 is 1.15 bits per heavy atom. The molecule has 7 heteroatoms. The fourth-order valence-corrected chi connectivity index (χ4v) is 2.60. The molecule has 1 aliphatic rings. The van der Waals surface area contributed by atoms with Crippen molar-refractivity contribution in [3.05, 3.63) is 0 Å². The van der Waals surface area contributed by atoms with Gasteiger partial charge in [0.1, 0.15) is 0 Å². The van der Waals surface area contributed by atoms with Gasteiger partial charge in [-0.25, -0.2) is 5.84 Å².